The van der Waals surface area contributed by atoms with Gasteiger partial charge in [0.25, 0.3) is 0 Å². The Labute approximate surface area is 119 Å². The number of aromatic nitrogens is 3. The first-order chi connectivity index (χ1) is 9.77. The fourth-order valence-corrected chi connectivity index (χ4v) is 3.02. The molecule has 0 saturated carbocycles. The van der Waals surface area contributed by atoms with Crippen molar-refractivity contribution in [2.75, 3.05) is 19.7 Å². The molecule has 1 fully saturated rings. The zero-order valence-electron chi connectivity index (χ0n) is 12.2. The van der Waals surface area contributed by atoms with E-state index in [1.165, 1.54) is 0 Å². The van der Waals surface area contributed by atoms with Gasteiger partial charge in [-0.3, -0.25) is 0 Å². The third kappa shape index (κ3) is 2.26. The molecule has 1 aliphatic rings. The lowest BCUT2D eigenvalue weighted by Crippen LogP contribution is -2.40. The number of nitrogens with zero attached hydrogens (tertiary/aromatic N) is 2. The highest BCUT2D eigenvalue weighted by Crippen LogP contribution is 2.35. The molecule has 0 aliphatic carbocycles. The maximum Gasteiger partial charge on any atom is 0.215 e. The fourth-order valence-electron chi connectivity index (χ4n) is 3.02. The van der Waals surface area contributed by atoms with Crippen molar-refractivity contribution < 1.29 is 4.74 Å². The van der Waals surface area contributed by atoms with Crippen molar-refractivity contribution >= 4 is 11.2 Å². The van der Waals surface area contributed by atoms with E-state index in [-0.39, 0.29) is 5.41 Å². The van der Waals surface area contributed by atoms with Crippen LogP contribution in [0, 0.1) is 0 Å². The summed E-state index contributed by atoms with van der Waals surface area (Å²) in [5, 5.41) is 3.43. The van der Waals surface area contributed by atoms with Crippen molar-refractivity contribution in [2.24, 2.45) is 0 Å². The number of piperidine rings is 1. The minimum absolute atomic E-state index is 0.164. The van der Waals surface area contributed by atoms with Gasteiger partial charge in [0.05, 0.1) is 12.1 Å². The lowest BCUT2D eigenvalue weighted by molar-refractivity contribution is 0.284. The minimum atomic E-state index is 0.164. The number of ether oxygens (including phenoxy) is 1. The van der Waals surface area contributed by atoms with Crippen LogP contribution in [0.3, 0.4) is 0 Å². The van der Waals surface area contributed by atoms with E-state index in [0.29, 0.717) is 12.5 Å². The first kappa shape index (κ1) is 13.4. The number of pyridine rings is 1. The molecule has 3 heterocycles. The van der Waals surface area contributed by atoms with Gasteiger partial charge in [-0.2, -0.15) is 4.98 Å². The quantitative estimate of drug-likeness (QED) is 0.898. The molecule has 3 rings (SSSR count). The van der Waals surface area contributed by atoms with E-state index < -0.39 is 0 Å². The summed E-state index contributed by atoms with van der Waals surface area (Å²) in [6, 6.07) is 3.91. The maximum absolute atomic E-state index is 5.45. The monoisotopic (exact) mass is 274 g/mol. The van der Waals surface area contributed by atoms with Gasteiger partial charge in [0.15, 0.2) is 5.65 Å². The molecule has 0 radical (unpaired) electrons. The summed E-state index contributed by atoms with van der Waals surface area (Å²) < 4.78 is 5.45. The molecule has 0 atom stereocenters. The van der Waals surface area contributed by atoms with Gasteiger partial charge in [-0.05, 0) is 45.3 Å². The Morgan fingerprint density at radius 1 is 1.20 bits per heavy atom. The highest BCUT2D eigenvalue weighted by molar-refractivity contribution is 5.71. The molecule has 0 spiro atoms. The second-order valence-corrected chi connectivity index (χ2v) is 5.42. The molecule has 108 valence electrons. The number of hydrogen-bond acceptors (Lipinski definition) is 4. The normalized spacial score (nSPS) is 18.3. The maximum atomic E-state index is 5.45. The summed E-state index contributed by atoms with van der Waals surface area (Å²) in [5.74, 6) is 1.73. The van der Waals surface area contributed by atoms with E-state index in [0.717, 1.165) is 49.3 Å². The largest absolute Gasteiger partial charge is 0.478 e. The molecular weight excluding hydrogens is 252 g/mol. The van der Waals surface area contributed by atoms with Crippen molar-refractivity contribution in [1.82, 2.24) is 20.3 Å². The predicted molar refractivity (Wildman–Crippen MR) is 79.1 cm³/mol. The highest BCUT2D eigenvalue weighted by Gasteiger charge is 2.35. The Hall–Kier alpha value is -1.62. The standard InChI is InChI=1S/C15H22N4O/c1-3-15(7-9-16-10-8-15)14-17-11-5-6-12(20-4-2)18-13(11)19-14/h5-6,16H,3-4,7-10H2,1-2H3,(H,17,18,19). The lowest BCUT2D eigenvalue weighted by atomic mass is 9.76. The summed E-state index contributed by atoms with van der Waals surface area (Å²) >= 11 is 0. The van der Waals surface area contributed by atoms with E-state index in [1.807, 2.05) is 19.1 Å². The second kappa shape index (κ2) is 5.40. The number of hydrogen-bond donors (Lipinski definition) is 2. The molecule has 0 unspecified atom stereocenters. The molecule has 0 bridgehead atoms. The molecule has 0 amide bonds. The van der Waals surface area contributed by atoms with E-state index in [4.69, 9.17) is 9.72 Å². The van der Waals surface area contributed by atoms with Gasteiger partial charge in [-0.15, -0.1) is 0 Å². The Bertz CT molecular complexity index is 587. The van der Waals surface area contributed by atoms with Crippen LogP contribution < -0.4 is 10.1 Å². The van der Waals surface area contributed by atoms with Gasteiger partial charge >= 0.3 is 0 Å². The minimum Gasteiger partial charge on any atom is -0.478 e. The molecule has 5 heteroatoms. The fraction of sp³-hybridized carbons (Fsp3) is 0.600. The summed E-state index contributed by atoms with van der Waals surface area (Å²) in [6.07, 6.45) is 3.36. The number of imidazole rings is 1. The summed E-state index contributed by atoms with van der Waals surface area (Å²) in [7, 11) is 0. The zero-order chi connectivity index (χ0) is 14.0. The van der Waals surface area contributed by atoms with Gasteiger partial charge in [0.1, 0.15) is 5.82 Å². The third-order valence-electron chi connectivity index (χ3n) is 4.35. The molecule has 1 aliphatic heterocycles. The van der Waals surface area contributed by atoms with Crippen LogP contribution in [0.2, 0.25) is 0 Å². The number of nitrogens with one attached hydrogen (secondary N) is 2. The molecule has 2 N–H and O–H groups in total. The molecule has 20 heavy (non-hydrogen) atoms. The summed E-state index contributed by atoms with van der Waals surface area (Å²) in [5.41, 5.74) is 1.92. The lowest BCUT2D eigenvalue weighted by Gasteiger charge is -2.34. The van der Waals surface area contributed by atoms with E-state index in [9.17, 15) is 0 Å². The Morgan fingerprint density at radius 3 is 2.70 bits per heavy atom. The summed E-state index contributed by atoms with van der Waals surface area (Å²) in [4.78, 5) is 12.7. The van der Waals surface area contributed by atoms with E-state index >= 15 is 0 Å². The van der Waals surface area contributed by atoms with E-state index in [1.54, 1.807) is 0 Å². The van der Waals surface area contributed by atoms with E-state index in [2.05, 4.69) is 22.2 Å². The van der Waals surface area contributed by atoms with Crippen molar-refractivity contribution in [1.29, 1.82) is 0 Å². The molecule has 2 aromatic heterocycles. The number of aromatic amines is 1. The number of fused-ring (bicyclic) bond motifs is 1. The van der Waals surface area contributed by atoms with Crippen LogP contribution in [-0.4, -0.2) is 34.6 Å². The van der Waals surface area contributed by atoms with Crippen molar-refractivity contribution in [3.63, 3.8) is 0 Å². The molecular formula is C15H22N4O. The zero-order valence-corrected chi connectivity index (χ0v) is 12.2. The summed E-state index contributed by atoms with van der Waals surface area (Å²) in [6.45, 7) is 6.95. The second-order valence-electron chi connectivity index (χ2n) is 5.42. The van der Waals surface area contributed by atoms with Crippen LogP contribution in [-0.2, 0) is 5.41 Å². The van der Waals surface area contributed by atoms with Crippen LogP contribution in [0.15, 0.2) is 12.1 Å². The molecule has 0 aromatic carbocycles. The van der Waals surface area contributed by atoms with Crippen LogP contribution in [0.4, 0.5) is 0 Å². The topological polar surface area (TPSA) is 62.8 Å². The first-order valence-electron chi connectivity index (χ1n) is 7.48. The van der Waals surface area contributed by atoms with Crippen LogP contribution >= 0.6 is 0 Å². The van der Waals surface area contributed by atoms with Gasteiger partial charge in [0.2, 0.25) is 5.88 Å². The molecule has 1 saturated heterocycles. The molecule has 2 aromatic rings. The number of rotatable bonds is 4. The van der Waals surface area contributed by atoms with Crippen LogP contribution in [0.1, 0.15) is 38.9 Å². The van der Waals surface area contributed by atoms with Crippen molar-refractivity contribution in [3.8, 4) is 5.88 Å². The Balaban J connectivity index is 1.98. The van der Waals surface area contributed by atoms with Gasteiger partial charge < -0.3 is 15.0 Å². The van der Waals surface area contributed by atoms with Crippen molar-refractivity contribution in [2.45, 2.75) is 38.5 Å². The first-order valence-corrected chi connectivity index (χ1v) is 7.48. The smallest absolute Gasteiger partial charge is 0.215 e. The van der Waals surface area contributed by atoms with Gasteiger partial charge in [-0.25, -0.2) is 4.98 Å². The Morgan fingerprint density at radius 2 is 2.00 bits per heavy atom. The predicted octanol–water partition coefficient (Wildman–Crippen LogP) is 2.39. The average Bonchev–Trinajstić information content (AvgIpc) is 2.92. The highest BCUT2D eigenvalue weighted by atomic mass is 16.5. The van der Waals surface area contributed by atoms with Gasteiger partial charge in [0, 0.05) is 11.5 Å². The molecule has 5 nitrogen and oxygen atoms in total. The third-order valence-corrected chi connectivity index (χ3v) is 4.35. The SMILES string of the molecule is CCOc1ccc2[nH]c(C3(CC)CCNCC3)nc2n1. The van der Waals surface area contributed by atoms with Gasteiger partial charge in [-0.1, -0.05) is 6.92 Å². The van der Waals surface area contributed by atoms with Crippen molar-refractivity contribution in [3.05, 3.63) is 18.0 Å². The Kier molecular flexibility index (Phi) is 3.61. The van der Waals surface area contributed by atoms with Crippen LogP contribution in [0.25, 0.3) is 11.2 Å². The average molecular weight is 274 g/mol. The number of H-pyrrole nitrogens is 1. The van der Waals surface area contributed by atoms with Crippen LogP contribution in [0.5, 0.6) is 5.88 Å².